The minimum Gasteiger partial charge on any atom is -0.478 e. The van der Waals surface area contributed by atoms with Crippen molar-refractivity contribution in [2.24, 2.45) is 0 Å². The fourth-order valence-corrected chi connectivity index (χ4v) is 2.20. The van der Waals surface area contributed by atoms with Gasteiger partial charge in [-0.05, 0) is 64.8 Å². The van der Waals surface area contributed by atoms with Gasteiger partial charge in [-0.25, -0.2) is 9.18 Å². The number of rotatable bonds is 3. The van der Waals surface area contributed by atoms with Crippen LogP contribution in [-0.2, 0) is 0 Å². The molecule has 0 aliphatic rings. The quantitative estimate of drug-likeness (QED) is 0.882. The maximum Gasteiger partial charge on any atom is 0.335 e. The molecule has 0 aliphatic heterocycles. The summed E-state index contributed by atoms with van der Waals surface area (Å²) in [4.78, 5) is 23.0. The maximum atomic E-state index is 13.1. The molecule has 2 aromatic rings. The van der Waals surface area contributed by atoms with Gasteiger partial charge in [-0.2, -0.15) is 0 Å². The summed E-state index contributed by atoms with van der Waals surface area (Å²) in [5.41, 5.74) is 1.49. The Kier molecular flexibility index (Phi) is 4.37. The Balaban J connectivity index is 2.21. The molecule has 0 atom stereocenters. The van der Waals surface area contributed by atoms with Crippen molar-refractivity contribution in [1.29, 1.82) is 0 Å². The van der Waals surface area contributed by atoms with Crippen molar-refractivity contribution in [3.8, 4) is 0 Å². The SMILES string of the molecule is Cc1cc(NC(=O)c2ccc(F)c(Br)c2)ccc1C(=O)O. The van der Waals surface area contributed by atoms with Crippen LogP contribution in [0.1, 0.15) is 26.3 Å². The molecule has 0 heterocycles. The first kappa shape index (κ1) is 15.2. The van der Waals surface area contributed by atoms with Crippen molar-refractivity contribution in [3.63, 3.8) is 0 Å². The zero-order chi connectivity index (χ0) is 15.6. The number of aryl methyl sites for hydroxylation is 1. The topological polar surface area (TPSA) is 66.4 Å². The summed E-state index contributed by atoms with van der Waals surface area (Å²) in [6, 6.07) is 8.44. The van der Waals surface area contributed by atoms with Crippen molar-refractivity contribution >= 4 is 33.5 Å². The van der Waals surface area contributed by atoms with Gasteiger partial charge in [-0.3, -0.25) is 4.79 Å². The molecule has 0 bridgehead atoms. The molecule has 0 aliphatic carbocycles. The average molecular weight is 352 g/mol. The summed E-state index contributed by atoms with van der Waals surface area (Å²) in [5.74, 6) is -1.88. The van der Waals surface area contributed by atoms with Gasteiger partial charge in [0, 0.05) is 11.3 Å². The number of hydrogen-bond acceptors (Lipinski definition) is 2. The predicted octanol–water partition coefficient (Wildman–Crippen LogP) is 3.85. The first-order chi connectivity index (χ1) is 9.88. The molecule has 2 rings (SSSR count). The van der Waals surface area contributed by atoms with Crippen LogP contribution in [0.2, 0.25) is 0 Å². The molecular weight excluding hydrogens is 341 g/mol. The summed E-state index contributed by atoms with van der Waals surface area (Å²) in [6.07, 6.45) is 0. The van der Waals surface area contributed by atoms with Crippen molar-refractivity contribution < 1.29 is 19.1 Å². The van der Waals surface area contributed by atoms with Crippen LogP contribution in [-0.4, -0.2) is 17.0 Å². The number of nitrogens with one attached hydrogen (secondary N) is 1. The molecule has 0 spiro atoms. The third-order valence-corrected chi connectivity index (χ3v) is 3.50. The number of aromatic carboxylic acids is 1. The normalized spacial score (nSPS) is 10.2. The monoisotopic (exact) mass is 351 g/mol. The van der Waals surface area contributed by atoms with Crippen LogP contribution in [0.25, 0.3) is 0 Å². The summed E-state index contributed by atoms with van der Waals surface area (Å²) in [5, 5.41) is 11.6. The Morgan fingerprint density at radius 1 is 1.19 bits per heavy atom. The van der Waals surface area contributed by atoms with Gasteiger partial charge in [-0.1, -0.05) is 0 Å². The maximum absolute atomic E-state index is 13.1. The number of carbonyl (C=O) groups is 2. The van der Waals surface area contributed by atoms with Crippen LogP contribution in [0.15, 0.2) is 40.9 Å². The third-order valence-electron chi connectivity index (χ3n) is 2.90. The molecule has 0 saturated heterocycles. The van der Waals surface area contributed by atoms with Crippen LogP contribution in [0.4, 0.5) is 10.1 Å². The Labute approximate surface area is 128 Å². The first-order valence-corrected chi connectivity index (χ1v) is 6.78. The fraction of sp³-hybridized carbons (Fsp3) is 0.0667. The Hall–Kier alpha value is -2.21. The molecule has 0 unspecified atom stereocenters. The highest BCUT2D eigenvalue weighted by molar-refractivity contribution is 9.10. The molecule has 4 nitrogen and oxygen atoms in total. The van der Waals surface area contributed by atoms with Crippen molar-refractivity contribution in [2.45, 2.75) is 6.92 Å². The van der Waals surface area contributed by atoms with Crippen LogP contribution < -0.4 is 5.32 Å². The Morgan fingerprint density at radius 3 is 2.48 bits per heavy atom. The summed E-state index contributed by atoms with van der Waals surface area (Å²) in [6.45, 7) is 1.65. The molecular formula is C15H11BrFNO3. The number of anilines is 1. The van der Waals surface area contributed by atoms with Crippen molar-refractivity contribution in [3.05, 3.63) is 63.4 Å². The van der Waals surface area contributed by atoms with Gasteiger partial charge in [0.15, 0.2) is 0 Å². The van der Waals surface area contributed by atoms with E-state index in [9.17, 15) is 14.0 Å². The van der Waals surface area contributed by atoms with E-state index in [0.717, 1.165) is 0 Å². The minimum atomic E-state index is -1.02. The van der Waals surface area contributed by atoms with Gasteiger partial charge in [0.2, 0.25) is 0 Å². The van der Waals surface area contributed by atoms with Gasteiger partial charge in [-0.15, -0.1) is 0 Å². The average Bonchev–Trinajstić information content (AvgIpc) is 2.41. The largest absolute Gasteiger partial charge is 0.478 e. The molecule has 0 fully saturated rings. The highest BCUT2D eigenvalue weighted by atomic mass is 79.9. The van der Waals surface area contributed by atoms with Crippen LogP contribution in [0.3, 0.4) is 0 Å². The number of halogens is 2. The van der Waals surface area contributed by atoms with E-state index in [0.29, 0.717) is 16.8 Å². The van der Waals surface area contributed by atoms with E-state index < -0.39 is 17.7 Å². The van der Waals surface area contributed by atoms with Crippen molar-refractivity contribution in [2.75, 3.05) is 5.32 Å². The van der Waals surface area contributed by atoms with Gasteiger partial charge in [0.05, 0.1) is 10.0 Å². The molecule has 0 radical (unpaired) electrons. The van der Waals surface area contributed by atoms with E-state index in [1.54, 1.807) is 13.0 Å². The highest BCUT2D eigenvalue weighted by Gasteiger charge is 2.11. The van der Waals surface area contributed by atoms with E-state index in [4.69, 9.17) is 5.11 Å². The number of carboxylic acids is 1. The number of carboxylic acid groups (broad SMARTS) is 1. The molecule has 2 aromatic carbocycles. The second-order valence-electron chi connectivity index (χ2n) is 4.42. The lowest BCUT2D eigenvalue weighted by atomic mass is 10.1. The van der Waals surface area contributed by atoms with Gasteiger partial charge < -0.3 is 10.4 Å². The zero-order valence-corrected chi connectivity index (χ0v) is 12.6. The second-order valence-corrected chi connectivity index (χ2v) is 5.27. The van der Waals surface area contributed by atoms with Crippen molar-refractivity contribution in [1.82, 2.24) is 0 Å². The van der Waals surface area contributed by atoms with Crippen LogP contribution >= 0.6 is 15.9 Å². The van der Waals surface area contributed by atoms with E-state index in [2.05, 4.69) is 21.2 Å². The van der Waals surface area contributed by atoms with Crippen LogP contribution in [0, 0.1) is 12.7 Å². The Bertz CT molecular complexity index is 731. The summed E-state index contributed by atoms with van der Waals surface area (Å²) < 4.78 is 13.3. The minimum absolute atomic E-state index is 0.178. The standard InChI is InChI=1S/C15H11BrFNO3/c1-8-6-10(3-4-11(8)15(20)21)18-14(19)9-2-5-13(17)12(16)7-9/h2-7H,1H3,(H,18,19)(H,20,21). The molecule has 108 valence electrons. The molecule has 2 N–H and O–H groups in total. The van der Waals surface area contributed by atoms with Gasteiger partial charge in [0.25, 0.3) is 5.91 Å². The Morgan fingerprint density at radius 2 is 1.90 bits per heavy atom. The molecule has 0 saturated carbocycles. The molecule has 6 heteroatoms. The smallest absolute Gasteiger partial charge is 0.335 e. The van der Waals surface area contributed by atoms with Crippen LogP contribution in [0.5, 0.6) is 0 Å². The number of amides is 1. The number of carbonyl (C=O) groups excluding carboxylic acids is 1. The lowest BCUT2D eigenvalue weighted by Gasteiger charge is -2.08. The second kappa shape index (κ2) is 6.05. The molecule has 21 heavy (non-hydrogen) atoms. The van der Waals surface area contributed by atoms with E-state index in [1.165, 1.54) is 30.3 Å². The lowest BCUT2D eigenvalue weighted by Crippen LogP contribution is -2.12. The van der Waals surface area contributed by atoms with Gasteiger partial charge >= 0.3 is 5.97 Å². The number of benzene rings is 2. The third kappa shape index (κ3) is 3.46. The molecule has 1 amide bonds. The first-order valence-electron chi connectivity index (χ1n) is 5.99. The zero-order valence-electron chi connectivity index (χ0n) is 11.0. The van der Waals surface area contributed by atoms with E-state index in [1.807, 2.05) is 0 Å². The van der Waals surface area contributed by atoms with E-state index >= 15 is 0 Å². The van der Waals surface area contributed by atoms with Gasteiger partial charge in [0.1, 0.15) is 5.82 Å². The molecule has 0 aromatic heterocycles. The lowest BCUT2D eigenvalue weighted by molar-refractivity contribution is 0.0696. The number of hydrogen-bond donors (Lipinski definition) is 2. The summed E-state index contributed by atoms with van der Waals surface area (Å²) >= 11 is 3.02. The predicted molar refractivity (Wildman–Crippen MR) is 80.2 cm³/mol. The fourth-order valence-electron chi connectivity index (χ4n) is 1.82. The summed E-state index contributed by atoms with van der Waals surface area (Å²) in [7, 11) is 0. The van der Waals surface area contributed by atoms with E-state index in [-0.39, 0.29) is 10.0 Å². The highest BCUT2D eigenvalue weighted by Crippen LogP contribution is 2.19.